The standard InChI is InChI=1S/C41H42O7/c1-42-35-22-24-36(25-23-35)47-41-40(46-29-34-20-12-5-13-21-34)39(45-28-33-18-10-4-11-19-33)38(44-27-32-16-8-3-9-17-32)37(48-41)30-43-26-31-14-6-2-7-15-31/h2-25,37-41H,26-30H2,1H3/t37-,38-,39+,40-,41?/m1/s1. The number of hydrogen-bond acceptors (Lipinski definition) is 7. The normalized spacial score (nSPS) is 20.6. The smallest absolute Gasteiger partial charge is 0.229 e. The maximum atomic E-state index is 6.78. The lowest BCUT2D eigenvalue weighted by molar-refractivity contribution is -0.310. The van der Waals surface area contributed by atoms with Crippen LogP contribution in [-0.2, 0) is 50.1 Å². The molecule has 1 aliphatic heterocycles. The van der Waals surface area contributed by atoms with Gasteiger partial charge in [-0.3, -0.25) is 0 Å². The van der Waals surface area contributed by atoms with Crippen molar-refractivity contribution in [1.82, 2.24) is 0 Å². The maximum absolute atomic E-state index is 6.78. The lowest BCUT2D eigenvalue weighted by Crippen LogP contribution is -2.62. The van der Waals surface area contributed by atoms with Crippen LogP contribution in [0, 0.1) is 0 Å². The molecule has 0 radical (unpaired) electrons. The summed E-state index contributed by atoms with van der Waals surface area (Å²) >= 11 is 0. The van der Waals surface area contributed by atoms with Crippen LogP contribution in [0.4, 0.5) is 0 Å². The summed E-state index contributed by atoms with van der Waals surface area (Å²) in [6.07, 6.45) is -3.12. The molecule has 0 aliphatic carbocycles. The third-order valence-corrected chi connectivity index (χ3v) is 8.15. The molecule has 1 aliphatic rings. The molecule has 248 valence electrons. The molecule has 7 heteroatoms. The molecule has 0 amide bonds. The van der Waals surface area contributed by atoms with Gasteiger partial charge in [0.15, 0.2) is 0 Å². The van der Waals surface area contributed by atoms with Crippen LogP contribution in [0.15, 0.2) is 146 Å². The van der Waals surface area contributed by atoms with Crippen LogP contribution in [0.5, 0.6) is 11.5 Å². The maximum Gasteiger partial charge on any atom is 0.229 e. The molecule has 5 aromatic carbocycles. The van der Waals surface area contributed by atoms with E-state index in [0.717, 1.165) is 28.0 Å². The van der Waals surface area contributed by atoms with Gasteiger partial charge in [0.05, 0.1) is 40.1 Å². The van der Waals surface area contributed by atoms with Gasteiger partial charge in [0.1, 0.15) is 35.9 Å². The summed E-state index contributed by atoms with van der Waals surface area (Å²) in [6.45, 7) is 1.75. The fourth-order valence-electron chi connectivity index (χ4n) is 5.63. The highest BCUT2D eigenvalue weighted by molar-refractivity contribution is 5.31. The van der Waals surface area contributed by atoms with Crippen LogP contribution in [0.3, 0.4) is 0 Å². The minimum atomic E-state index is -0.829. The summed E-state index contributed by atoms with van der Waals surface area (Å²) in [6, 6.07) is 47.7. The van der Waals surface area contributed by atoms with E-state index in [0.29, 0.717) is 32.2 Å². The number of benzene rings is 5. The van der Waals surface area contributed by atoms with Gasteiger partial charge in [-0.1, -0.05) is 121 Å². The van der Waals surface area contributed by atoms with E-state index < -0.39 is 30.7 Å². The molecule has 1 saturated heterocycles. The van der Waals surface area contributed by atoms with Crippen LogP contribution in [0.1, 0.15) is 22.3 Å². The second-order valence-electron chi connectivity index (χ2n) is 11.6. The molecule has 0 N–H and O–H groups in total. The number of ether oxygens (including phenoxy) is 7. The third kappa shape index (κ3) is 9.53. The van der Waals surface area contributed by atoms with E-state index in [9.17, 15) is 0 Å². The Labute approximate surface area is 282 Å². The molecule has 5 aromatic rings. The monoisotopic (exact) mass is 646 g/mol. The zero-order valence-corrected chi connectivity index (χ0v) is 27.1. The highest BCUT2D eigenvalue weighted by atomic mass is 16.7. The quantitative estimate of drug-likeness (QED) is 0.109. The van der Waals surface area contributed by atoms with Crippen molar-refractivity contribution >= 4 is 0 Å². The Morgan fingerprint density at radius 2 is 0.875 bits per heavy atom. The van der Waals surface area contributed by atoms with Crippen molar-refractivity contribution in [3.63, 3.8) is 0 Å². The molecule has 0 aromatic heterocycles. The van der Waals surface area contributed by atoms with Crippen LogP contribution < -0.4 is 9.47 Å². The zero-order valence-electron chi connectivity index (χ0n) is 27.1. The van der Waals surface area contributed by atoms with Crippen molar-refractivity contribution in [3.8, 4) is 11.5 Å². The topological polar surface area (TPSA) is 64.6 Å². The molecule has 48 heavy (non-hydrogen) atoms. The van der Waals surface area contributed by atoms with Crippen molar-refractivity contribution in [1.29, 1.82) is 0 Å². The second-order valence-corrected chi connectivity index (χ2v) is 11.6. The number of rotatable bonds is 16. The summed E-state index contributed by atoms with van der Waals surface area (Å²) in [5.41, 5.74) is 4.18. The first kappa shape index (κ1) is 33.4. The Bertz CT molecular complexity index is 1600. The highest BCUT2D eigenvalue weighted by Gasteiger charge is 2.49. The molecule has 0 saturated carbocycles. The van der Waals surface area contributed by atoms with E-state index in [4.69, 9.17) is 33.2 Å². The minimum absolute atomic E-state index is 0.257. The summed E-state index contributed by atoms with van der Waals surface area (Å²) in [7, 11) is 1.64. The molecule has 0 bridgehead atoms. The predicted octanol–water partition coefficient (Wildman–Crippen LogP) is 7.77. The van der Waals surface area contributed by atoms with E-state index in [1.165, 1.54) is 0 Å². The average Bonchev–Trinajstić information content (AvgIpc) is 3.15. The van der Waals surface area contributed by atoms with Gasteiger partial charge in [-0.25, -0.2) is 0 Å². The molecule has 1 heterocycles. The Kier molecular flexibility index (Phi) is 12.2. The van der Waals surface area contributed by atoms with Gasteiger partial charge in [-0.05, 0) is 46.5 Å². The molecule has 5 atom stereocenters. The SMILES string of the molecule is COc1ccc(OC2O[C@H](COCc3ccccc3)[C@@H](OCc3ccccc3)[C@H](OCc3ccccc3)[C@H]2OCc2ccccc2)cc1. The molecule has 6 rings (SSSR count). The summed E-state index contributed by atoms with van der Waals surface area (Å²) in [5.74, 6) is 1.35. The molecule has 7 nitrogen and oxygen atoms in total. The summed E-state index contributed by atoms with van der Waals surface area (Å²) in [4.78, 5) is 0. The molecule has 1 unspecified atom stereocenters. The van der Waals surface area contributed by atoms with Crippen molar-refractivity contribution in [2.45, 2.75) is 57.1 Å². The van der Waals surface area contributed by atoms with Gasteiger partial charge in [-0.15, -0.1) is 0 Å². The van der Waals surface area contributed by atoms with Crippen LogP contribution >= 0.6 is 0 Å². The first-order chi connectivity index (χ1) is 23.7. The van der Waals surface area contributed by atoms with Crippen LogP contribution in [0.2, 0.25) is 0 Å². The first-order valence-corrected chi connectivity index (χ1v) is 16.3. The summed E-state index contributed by atoms with van der Waals surface area (Å²) < 4.78 is 45.1. The molecule has 1 fully saturated rings. The van der Waals surface area contributed by atoms with Gasteiger partial charge in [0.25, 0.3) is 0 Å². The third-order valence-electron chi connectivity index (χ3n) is 8.15. The van der Waals surface area contributed by atoms with Crippen molar-refractivity contribution in [3.05, 3.63) is 168 Å². The van der Waals surface area contributed by atoms with E-state index in [1.54, 1.807) is 7.11 Å². The largest absolute Gasteiger partial charge is 0.497 e. The van der Waals surface area contributed by atoms with Crippen molar-refractivity contribution < 1.29 is 33.2 Å². The zero-order chi connectivity index (χ0) is 32.8. The van der Waals surface area contributed by atoms with Gasteiger partial charge >= 0.3 is 0 Å². The minimum Gasteiger partial charge on any atom is -0.497 e. The molecular weight excluding hydrogens is 604 g/mol. The Morgan fingerprint density at radius 3 is 1.35 bits per heavy atom. The highest BCUT2D eigenvalue weighted by Crippen LogP contribution is 2.33. The van der Waals surface area contributed by atoms with E-state index in [-0.39, 0.29) is 6.61 Å². The van der Waals surface area contributed by atoms with E-state index in [2.05, 4.69) is 0 Å². The van der Waals surface area contributed by atoms with Crippen LogP contribution in [-0.4, -0.2) is 44.4 Å². The molecular formula is C41H42O7. The lowest BCUT2D eigenvalue weighted by atomic mass is 9.97. The first-order valence-electron chi connectivity index (χ1n) is 16.3. The number of hydrogen-bond donors (Lipinski definition) is 0. The van der Waals surface area contributed by atoms with Crippen molar-refractivity contribution in [2.24, 2.45) is 0 Å². The predicted molar refractivity (Wildman–Crippen MR) is 183 cm³/mol. The number of methoxy groups -OCH3 is 1. The van der Waals surface area contributed by atoms with Crippen molar-refractivity contribution in [2.75, 3.05) is 13.7 Å². The van der Waals surface area contributed by atoms with Gasteiger partial charge in [0, 0.05) is 0 Å². The average molecular weight is 647 g/mol. The fraction of sp³-hybridized carbons (Fsp3) is 0.268. The van der Waals surface area contributed by atoms with Gasteiger partial charge in [0.2, 0.25) is 6.29 Å². The Hall–Kier alpha value is -4.50. The van der Waals surface area contributed by atoms with E-state index >= 15 is 0 Å². The van der Waals surface area contributed by atoms with Gasteiger partial charge in [-0.2, -0.15) is 0 Å². The Morgan fingerprint density at radius 1 is 0.458 bits per heavy atom. The Balaban J connectivity index is 1.32. The molecule has 0 spiro atoms. The lowest BCUT2D eigenvalue weighted by Gasteiger charge is -2.45. The van der Waals surface area contributed by atoms with Crippen LogP contribution in [0.25, 0.3) is 0 Å². The van der Waals surface area contributed by atoms with Gasteiger partial charge < -0.3 is 33.2 Å². The fourth-order valence-corrected chi connectivity index (χ4v) is 5.63. The second kappa shape index (κ2) is 17.6. The van der Waals surface area contributed by atoms with E-state index in [1.807, 2.05) is 146 Å². The summed E-state index contributed by atoms with van der Waals surface area (Å²) in [5, 5.41) is 0.